The summed E-state index contributed by atoms with van der Waals surface area (Å²) in [5, 5.41) is 10.7. The highest BCUT2D eigenvalue weighted by Gasteiger charge is 2.20. The van der Waals surface area contributed by atoms with Crippen LogP contribution < -0.4 is 4.74 Å². The molecule has 0 atom stereocenters. The summed E-state index contributed by atoms with van der Waals surface area (Å²) in [5.74, 6) is 0.640. The van der Waals surface area contributed by atoms with Crippen LogP contribution in [0.1, 0.15) is 25.7 Å². The maximum absolute atomic E-state index is 10.7. The normalized spacial score (nSPS) is 15.4. The Bertz CT molecular complexity index is 423. The number of hydrogen-bond donors (Lipinski definition) is 0. The first-order chi connectivity index (χ1) is 8.16. The van der Waals surface area contributed by atoms with Gasteiger partial charge in [0.05, 0.1) is 11.5 Å². The maximum atomic E-state index is 10.7. The van der Waals surface area contributed by atoms with Crippen LogP contribution in [0.5, 0.6) is 5.88 Å². The zero-order valence-electron chi connectivity index (χ0n) is 9.13. The third kappa shape index (κ3) is 3.03. The van der Waals surface area contributed by atoms with Gasteiger partial charge in [-0.3, -0.25) is 10.1 Å². The van der Waals surface area contributed by atoms with Crippen LogP contribution in [0.3, 0.4) is 0 Å². The number of ether oxygens (including phenoxy) is 1. The first kappa shape index (κ1) is 12.0. The van der Waals surface area contributed by atoms with E-state index in [1.54, 1.807) is 0 Å². The van der Waals surface area contributed by atoms with Crippen LogP contribution >= 0.6 is 11.6 Å². The highest BCUT2D eigenvalue weighted by molar-refractivity contribution is 6.28. The van der Waals surface area contributed by atoms with Gasteiger partial charge >= 0.3 is 5.69 Å². The summed E-state index contributed by atoms with van der Waals surface area (Å²) in [6, 6.07) is 0. The van der Waals surface area contributed by atoms with Crippen molar-refractivity contribution in [3.63, 3.8) is 0 Å². The van der Waals surface area contributed by atoms with Gasteiger partial charge in [0, 0.05) is 0 Å². The molecule has 0 amide bonds. The average Bonchev–Trinajstić information content (AvgIpc) is 2.21. The number of nitrogens with zero attached hydrogens (tertiary/aromatic N) is 3. The summed E-state index contributed by atoms with van der Waals surface area (Å²) in [7, 11) is 0. The molecule has 6 nitrogen and oxygen atoms in total. The lowest BCUT2D eigenvalue weighted by atomic mass is 9.83. The Balaban J connectivity index is 1.97. The van der Waals surface area contributed by atoms with E-state index in [0.717, 1.165) is 12.6 Å². The predicted octanol–water partition coefficient (Wildman–Crippen LogP) is 2.61. The standard InChI is InChI=1S/C10H12ClN3O3/c11-10-12-6-8(14(15)16)9(13-10)17-5-4-7-2-1-3-7/h6-7H,1-5H2. The molecule has 1 heterocycles. The third-order valence-electron chi connectivity index (χ3n) is 2.89. The molecule has 0 N–H and O–H groups in total. The van der Waals surface area contributed by atoms with Gasteiger partial charge in [0.25, 0.3) is 5.88 Å². The van der Waals surface area contributed by atoms with Gasteiger partial charge in [0.1, 0.15) is 6.20 Å². The topological polar surface area (TPSA) is 78.2 Å². The van der Waals surface area contributed by atoms with Gasteiger partial charge < -0.3 is 4.74 Å². The average molecular weight is 258 g/mol. The molecule has 2 rings (SSSR count). The largest absolute Gasteiger partial charge is 0.473 e. The molecule has 92 valence electrons. The van der Waals surface area contributed by atoms with E-state index in [0.29, 0.717) is 12.5 Å². The third-order valence-corrected chi connectivity index (χ3v) is 3.07. The molecule has 1 fully saturated rings. The van der Waals surface area contributed by atoms with E-state index in [1.165, 1.54) is 19.3 Å². The lowest BCUT2D eigenvalue weighted by molar-refractivity contribution is -0.386. The fraction of sp³-hybridized carbons (Fsp3) is 0.600. The van der Waals surface area contributed by atoms with Crippen molar-refractivity contribution in [2.45, 2.75) is 25.7 Å². The van der Waals surface area contributed by atoms with Gasteiger partial charge in [0.15, 0.2) is 0 Å². The van der Waals surface area contributed by atoms with E-state index >= 15 is 0 Å². The second-order valence-electron chi connectivity index (χ2n) is 4.02. The number of halogens is 1. The molecule has 1 aliphatic rings. The summed E-state index contributed by atoms with van der Waals surface area (Å²) in [6.45, 7) is 0.429. The molecule has 1 saturated carbocycles. The van der Waals surface area contributed by atoms with E-state index in [1.807, 2.05) is 0 Å². The van der Waals surface area contributed by atoms with E-state index in [-0.39, 0.29) is 16.9 Å². The zero-order valence-corrected chi connectivity index (χ0v) is 9.89. The summed E-state index contributed by atoms with van der Waals surface area (Å²) >= 11 is 5.58. The van der Waals surface area contributed by atoms with Crippen LogP contribution in [0.15, 0.2) is 6.20 Å². The molecule has 1 aliphatic carbocycles. The van der Waals surface area contributed by atoms with Crippen molar-refractivity contribution in [1.29, 1.82) is 0 Å². The van der Waals surface area contributed by atoms with E-state index in [9.17, 15) is 10.1 Å². The Hall–Kier alpha value is -1.43. The minimum Gasteiger partial charge on any atom is -0.473 e. The molecule has 0 spiro atoms. The quantitative estimate of drug-likeness (QED) is 0.460. The van der Waals surface area contributed by atoms with Crippen molar-refractivity contribution < 1.29 is 9.66 Å². The zero-order chi connectivity index (χ0) is 12.3. The number of aromatic nitrogens is 2. The SMILES string of the molecule is O=[N+]([O-])c1cnc(Cl)nc1OCCC1CCC1. The molecule has 7 heteroatoms. The van der Waals surface area contributed by atoms with Gasteiger partial charge in [-0.2, -0.15) is 4.98 Å². The second kappa shape index (κ2) is 5.27. The van der Waals surface area contributed by atoms with Crippen molar-refractivity contribution in [2.75, 3.05) is 6.61 Å². The smallest absolute Gasteiger partial charge is 0.349 e. The molecule has 0 bridgehead atoms. The summed E-state index contributed by atoms with van der Waals surface area (Å²) in [4.78, 5) is 17.4. The van der Waals surface area contributed by atoms with Gasteiger partial charge in [-0.05, 0) is 23.9 Å². The van der Waals surface area contributed by atoms with Gasteiger partial charge in [0.2, 0.25) is 5.28 Å². The number of hydrogen-bond acceptors (Lipinski definition) is 5. The molecular formula is C10H12ClN3O3. The van der Waals surface area contributed by atoms with E-state index < -0.39 is 4.92 Å². The summed E-state index contributed by atoms with van der Waals surface area (Å²) in [6.07, 6.45) is 5.67. The van der Waals surface area contributed by atoms with Crippen LogP contribution in [-0.2, 0) is 0 Å². The van der Waals surface area contributed by atoms with Crippen molar-refractivity contribution in [3.8, 4) is 5.88 Å². The molecule has 0 radical (unpaired) electrons. The molecule has 1 aromatic rings. The number of rotatable bonds is 5. The van der Waals surface area contributed by atoms with Crippen LogP contribution in [0.25, 0.3) is 0 Å². The maximum Gasteiger partial charge on any atom is 0.349 e. The number of nitro groups is 1. The Morgan fingerprint density at radius 3 is 2.94 bits per heavy atom. The summed E-state index contributed by atoms with van der Waals surface area (Å²) < 4.78 is 5.31. The Morgan fingerprint density at radius 1 is 1.59 bits per heavy atom. The van der Waals surface area contributed by atoms with Gasteiger partial charge in [-0.1, -0.05) is 19.3 Å². The van der Waals surface area contributed by atoms with Crippen molar-refractivity contribution >= 4 is 17.3 Å². The second-order valence-corrected chi connectivity index (χ2v) is 4.36. The van der Waals surface area contributed by atoms with Crippen molar-refractivity contribution in [2.24, 2.45) is 5.92 Å². The highest BCUT2D eigenvalue weighted by atomic mass is 35.5. The van der Waals surface area contributed by atoms with Crippen LogP contribution in [0.4, 0.5) is 5.69 Å². The van der Waals surface area contributed by atoms with E-state index in [2.05, 4.69) is 9.97 Å². The van der Waals surface area contributed by atoms with E-state index in [4.69, 9.17) is 16.3 Å². The Morgan fingerprint density at radius 2 is 2.35 bits per heavy atom. The first-order valence-corrected chi connectivity index (χ1v) is 5.84. The molecule has 0 saturated heterocycles. The molecule has 0 aliphatic heterocycles. The highest BCUT2D eigenvalue weighted by Crippen LogP contribution is 2.30. The molecule has 1 aromatic heterocycles. The summed E-state index contributed by atoms with van der Waals surface area (Å²) in [5.41, 5.74) is -0.247. The minimum absolute atomic E-state index is 0.0469. The first-order valence-electron chi connectivity index (χ1n) is 5.46. The van der Waals surface area contributed by atoms with Crippen LogP contribution in [0, 0.1) is 16.0 Å². The molecule has 0 unspecified atom stereocenters. The lowest BCUT2D eigenvalue weighted by Gasteiger charge is -2.24. The minimum atomic E-state index is -0.574. The fourth-order valence-corrected chi connectivity index (χ4v) is 1.80. The molecular weight excluding hydrogens is 246 g/mol. The Kier molecular flexibility index (Phi) is 3.73. The molecule has 17 heavy (non-hydrogen) atoms. The van der Waals surface area contributed by atoms with Crippen molar-refractivity contribution in [1.82, 2.24) is 9.97 Å². The van der Waals surface area contributed by atoms with Crippen LogP contribution in [-0.4, -0.2) is 21.5 Å². The monoisotopic (exact) mass is 257 g/mol. The van der Waals surface area contributed by atoms with Crippen molar-refractivity contribution in [3.05, 3.63) is 21.6 Å². The predicted molar refractivity (Wildman–Crippen MR) is 61.1 cm³/mol. The molecule has 0 aromatic carbocycles. The van der Waals surface area contributed by atoms with Crippen LogP contribution in [0.2, 0.25) is 5.28 Å². The lowest BCUT2D eigenvalue weighted by Crippen LogP contribution is -2.15. The van der Waals surface area contributed by atoms with Gasteiger partial charge in [-0.25, -0.2) is 4.98 Å². The fourth-order valence-electron chi connectivity index (χ4n) is 1.67. The Labute approximate surface area is 103 Å². The van der Waals surface area contributed by atoms with Gasteiger partial charge in [-0.15, -0.1) is 0 Å².